The molecule has 1 aromatic heterocycles. The van der Waals surface area contributed by atoms with Crippen molar-refractivity contribution in [3.05, 3.63) is 240 Å². The van der Waals surface area contributed by atoms with Crippen molar-refractivity contribution in [1.82, 2.24) is 0 Å². The van der Waals surface area contributed by atoms with E-state index >= 15 is 0 Å². The van der Waals surface area contributed by atoms with Gasteiger partial charge in [0.1, 0.15) is 11.2 Å². The average molecular weight is 1050 g/mol. The molecule has 0 atom stereocenters. The van der Waals surface area contributed by atoms with Gasteiger partial charge in [-0.2, -0.15) is 0 Å². The van der Waals surface area contributed by atoms with Crippen molar-refractivity contribution in [3.63, 3.8) is 0 Å². The summed E-state index contributed by atoms with van der Waals surface area (Å²) >= 11 is 0. The Morgan fingerprint density at radius 1 is 0.420 bits per heavy atom. The summed E-state index contributed by atoms with van der Waals surface area (Å²) in [5.74, 6) is 0. The lowest BCUT2D eigenvalue weighted by molar-refractivity contribution is 0.590. The zero-order chi connectivity index (χ0) is 56.1. The molecule has 4 nitrogen and oxygen atoms in total. The Hall–Kier alpha value is -8.54. The van der Waals surface area contributed by atoms with Crippen LogP contribution in [0.5, 0.6) is 0 Å². The van der Waals surface area contributed by atoms with Crippen LogP contribution in [0.4, 0.5) is 51.2 Å². The minimum Gasteiger partial charge on any atom is -0.455 e. The summed E-state index contributed by atoms with van der Waals surface area (Å²) in [5, 5.41) is 2.26. The van der Waals surface area contributed by atoms with E-state index in [1.165, 1.54) is 78.0 Å². The summed E-state index contributed by atoms with van der Waals surface area (Å²) in [6.07, 6.45) is 0. The largest absolute Gasteiger partial charge is 0.455 e. The molecule has 1 aliphatic carbocycles. The number of aryl methyl sites for hydroxylation is 1. The van der Waals surface area contributed by atoms with E-state index in [0.29, 0.717) is 0 Å². The second-order valence-corrected chi connectivity index (χ2v) is 26.7. The van der Waals surface area contributed by atoms with Crippen LogP contribution in [0.25, 0.3) is 44.2 Å². The fourth-order valence-corrected chi connectivity index (χ4v) is 13.5. The molecule has 398 valence electrons. The van der Waals surface area contributed by atoms with Gasteiger partial charge in [-0.25, -0.2) is 0 Å². The quantitative estimate of drug-likeness (QED) is 0.155. The van der Waals surface area contributed by atoms with Crippen LogP contribution in [0.1, 0.15) is 110 Å². The zero-order valence-electron chi connectivity index (χ0n) is 49.0. The highest BCUT2D eigenvalue weighted by atomic mass is 16.3. The maximum Gasteiger partial charge on any atom is 0.252 e. The summed E-state index contributed by atoms with van der Waals surface area (Å²) < 4.78 is 6.63. The Kier molecular flexibility index (Phi) is 11.3. The Balaban J connectivity index is 1.03. The molecule has 0 unspecified atom stereocenters. The predicted molar refractivity (Wildman–Crippen MR) is 346 cm³/mol. The third kappa shape index (κ3) is 8.09. The minimum absolute atomic E-state index is 0.0150. The predicted octanol–water partition coefficient (Wildman–Crippen LogP) is 19.3. The summed E-state index contributed by atoms with van der Waals surface area (Å²) in [6, 6.07) is 78.4. The smallest absolute Gasteiger partial charge is 0.252 e. The van der Waals surface area contributed by atoms with Crippen LogP contribution in [0, 0.1) is 6.92 Å². The maximum absolute atomic E-state index is 6.63. The van der Waals surface area contributed by atoms with E-state index in [1.54, 1.807) is 0 Å². The SMILES string of the molecule is Cc1cc2c3c(c1)N(c1ccc(C(C)(C)C)cc1)c1cc4c(cc1B3c1ccc(N(c3ccc(C(C)(C)C)cc3)c3ccc(C(C)(C)C)cc3)cc1N2c1ccc(-c2cccc3c2oc2ccccc23)cc1)-c1ccccc1C4(C)C. The van der Waals surface area contributed by atoms with Gasteiger partial charge in [-0.15, -0.1) is 0 Å². The van der Waals surface area contributed by atoms with Crippen molar-refractivity contribution in [1.29, 1.82) is 0 Å². The number of anilines is 9. The first-order valence-corrected chi connectivity index (χ1v) is 29.0. The Morgan fingerprint density at radius 2 is 0.926 bits per heavy atom. The molecule has 0 amide bonds. The molecular weight excluding hydrogens is 982 g/mol. The van der Waals surface area contributed by atoms with E-state index in [0.717, 1.165) is 67.2 Å². The van der Waals surface area contributed by atoms with Crippen molar-refractivity contribution < 1.29 is 4.42 Å². The topological polar surface area (TPSA) is 22.9 Å². The van der Waals surface area contributed by atoms with Crippen molar-refractivity contribution in [2.45, 2.75) is 105 Å². The summed E-state index contributed by atoms with van der Waals surface area (Å²) in [5.41, 5.74) is 28.7. The fourth-order valence-electron chi connectivity index (χ4n) is 13.5. The van der Waals surface area contributed by atoms with Crippen LogP contribution in [0.2, 0.25) is 0 Å². The van der Waals surface area contributed by atoms with E-state index in [-0.39, 0.29) is 28.4 Å². The number of nitrogens with zero attached hydrogens (tertiary/aromatic N) is 3. The summed E-state index contributed by atoms with van der Waals surface area (Å²) in [4.78, 5) is 7.60. The molecule has 3 heterocycles. The van der Waals surface area contributed by atoms with Crippen LogP contribution in [0.3, 0.4) is 0 Å². The highest BCUT2D eigenvalue weighted by Gasteiger charge is 2.46. The molecule has 0 saturated carbocycles. The second-order valence-electron chi connectivity index (χ2n) is 26.7. The number of benzene rings is 10. The second kappa shape index (κ2) is 18.0. The molecule has 11 aromatic rings. The number of furan rings is 1. The van der Waals surface area contributed by atoms with E-state index in [4.69, 9.17) is 4.42 Å². The molecule has 0 N–H and O–H groups in total. The normalized spacial score (nSPS) is 14.2. The third-order valence-corrected chi connectivity index (χ3v) is 18.0. The van der Waals surface area contributed by atoms with Gasteiger partial charge in [0.25, 0.3) is 6.71 Å². The lowest BCUT2D eigenvalue weighted by atomic mass is 9.33. The Bertz CT molecular complexity index is 4260. The highest BCUT2D eigenvalue weighted by molar-refractivity contribution is 7.00. The third-order valence-electron chi connectivity index (χ3n) is 18.0. The molecule has 81 heavy (non-hydrogen) atoms. The molecule has 0 spiro atoms. The van der Waals surface area contributed by atoms with Gasteiger partial charge >= 0.3 is 0 Å². The number of hydrogen-bond donors (Lipinski definition) is 0. The minimum atomic E-state index is -0.182. The standard InChI is InChI=1S/C76H70BN3O/c1-47-42-68-71-69(43-47)80(55-38-30-51(31-39-55)75(8,9)10)67-46-63-61(58-18-13-15-22-62(58)76(63,11)12)45-65(67)77(71)64-41-40-56(78(52-34-26-49(27-35-52)73(2,3)4)53-36-28-50(29-37-53)74(5,6)7)44-66(64)79(68)54-32-24-48(25-33-54)57-20-17-21-60-59-19-14-16-23-70(59)81-72(57)60/h13-46H,1-12H3. The van der Waals surface area contributed by atoms with Crippen molar-refractivity contribution in [2.75, 3.05) is 14.7 Å². The number of para-hydroxylation sites is 2. The molecule has 0 radical (unpaired) electrons. The first-order chi connectivity index (χ1) is 38.7. The molecule has 14 rings (SSSR count). The number of fused-ring (bicyclic) bond motifs is 10. The van der Waals surface area contributed by atoms with Gasteiger partial charge in [-0.1, -0.05) is 197 Å². The molecule has 10 aromatic carbocycles. The first-order valence-electron chi connectivity index (χ1n) is 29.0. The molecule has 0 bridgehead atoms. The van der Waals surface area contributed by atoms with Crippen LogP contribution < -0.4 is 31.1 Å². The van der Waals surface area contributed by atoms with Crippen molar-refractivity contribution in [3.8, 4) is 22.3 Å². The van der Waals surface area contributed by atoms with E-state index in [2.05, 4.69) is 298 Å². The average Bonchev–Trinajstić information content (AvgIpc) is 2.67. The summed E-state index contributed by atoms with van der Waals surface area (Å²) in [6.45, 7) is 27.7. The van der Waals surface area contributed by atoms with Gasteiger partial charge in [0, 0.05) is 72.9 Å². The molecule has 5 heteroatoms. The van der Waals surface area contributed by atoms with Gasteiger partial charge in [0.05, 0.1) is 0 Å². The molecule has 2 aliphatic heterocycles. The molecular formula is C76H70BN3O. The van der Waals surface area contributed by atoms with Crippen molar-refractivity contribution in [2.24, 2.45) is 0 Å². The van der Waals surface area contributed by atoms with Gasteiger partial charge < -0.3 is 19.1 Å². The van der Waals surface area contributed by atoms with Gasteiger partial charge in [-0.05, 0) is 175 Å². The lowest BCUT2D eigenvalue weighted by Gasteiger charge is -2.45. The van der Waals surface area contributed by atoms with Crippen LogP contribution >= 0.6 is 0 Å². The van der Waals surface area contributed by atoms with Crippen LogP contribution in [-0.2, 0) is 21.7 Å². The zero-order valence-corrected chi connectivity index (χ0v) is 49.0. The monoisotopic (exact) mass is 1050 g/mol. The fraction of sp³-hybridized carbons (Fsp3) is 0.211. The highest BCUT2D eigenvalue weighted by Crippen LogP contribution is 2.53. The number of rotatable bonds is 6. The Labute approximate surface area is 479 Å². The van der Waals surface area contributed by atoms with Crippen LogP contribution in [0.15, 0.2) is 211 Å². The van der Waals surface area contributed by atoms with Gasteiger partial charge in [0.2, 0.25) is 0 Å². The van der Waals surface area contributed by atoms with Gasteiger partial charge in [-0.3, -0.25) is 0 Å². The molecule has 3 aliphatic rings. The van der Waals surface area contributed by atoms with E-state index in [1.807, 2.05) is 6.07 Å². The van der Waals surface area contributed by atoms with Crippen LogP contribution in [-0.4, -0.2) is 6.71 Å². The van der Waals surface area contributed by atoms with E-state index in [9.17, 15) is 0 Å². The molecule has 0 saturated heterocycles. The van der Waals surface area contributed by atoms with E-state index < -0.39 is 0 Å². The molecule has 0 fully saturated rings. The van der Waals surface area contributed by atoms with Gasteiger partial charge in [0.15, 0.2) is 0 Å². The van der Waals surface area contributed by atoms with Crippen molar-refractivity contribution >= 4 is 96.2 Å². The lowest BCUT2D eigenvalue weighted by Crippen LogP contribution is -2.61. The number of hydrogen-bond acceptors (Lipinski definition) is 4. The summed E-state index contributed by atoms with van der Waals surface area (Å²) in [7, 11) is 0. The Morgan fingerprint density at radius 3 is 1.53 bits per heavy atom. The first kappa shape index (κ1) is 50.7. The maximum atomic E-state index is 6.63.